The van der Waals surface area contributed by atoms with Gasteiger partial charge in [0.25, 0.3) is 0 Å². The number of aromatic nitrogens is 1. The first-order valence-corrected chi connectivity index (χ1v) is 12.7. The maximum Gasteiger partial charge on any atom is 0.317 e. The molecule has 1 aromatic carbocycles. The number of halogens is 1. The van der Waals surface area contributed by atoms with Crippen LogP contribution in [0, 0.1) is 11.7 Å². The molecule has 1 saturated heterocycles. The summed E-state index contributed by atoms with van der Waals surface area (Å²) in [6, 6.07) is 10.8. The van der Waals surface area contributed by atoms with E-state index in [1.807, 2.05) is 6.07 Å². The SMILES string of the molecule is COc1cc(-c2ccc(F)cc2)cc(N2CCN(CC[C@H]3CC[C@H](NC(=O)N(C)C)CC3)CC2)n1. The number of urea groups is 1. The normalized spacial score (nSPS) is 21.0. The fraction of sp³-hybridized carbons (Fsp3) is 0.556. The van der Waals surface area contributed by atoms with E-state index in [4.69, 9.17) is 4.74 Å². The van der Waals surface area contributed by atoms with Gasteiger partial charge in [0.2, 0.25) is 5.88 Å². The number of methoxy groups -OCH3 is 1. The van der Waals surface area contributed by atoms with Crippen molar-refractivity contribution in [1.82, 2.24) is 20.1 Å². The van der Waals surface area contributed by atoms with Crippen molar-refractivity contribution in [3.05, 3.63) is 42.2 Å². The third-order valence-corrected chi connectivity index (χ3v) is 7.31. The Morgan fingerprint density at radius 1 is 1.06 bits per heavy atom. The lowest BCUT2D eigenvalue weighted by molar-refractivity contribution is 0.194. The van der Waals surface area contributed by atoms with Gasteiger partial charge in [-0.05, 0) is 73.9 Å². The summed E-state index contributed by atoms with van der Waals surface area (Å²) in [5, 5.41) is 3.13. The summed E-state index contributed by atoms with van der Waals surface area (Å²) in [5.41, 5.74) is 1.93. The van der Waals surface area contributed by atoms with E-state index in [0.717, 1.165) is 68.4 Å². The number of carbonyl (C=O) groups excluding carboxylic acids is 1. The highest BCUT2D eigenvalue weighted by molar-refractivity contribution is 5.73. The highest BCUT2D eigenvalue weighted by Gasteiger charge is 2.25. The maximum atomic E-state index is 13.4. The number of amides is 2. The summed E-state index contributed by atoms with van der Waals surface area (Å²) in [5.74, 6) is 1.98. The Morgan fingerprint density at radius 2 is 1.74 bits per heavy atom. The predicted molar refractivity (Wildman–Crippen MR) is 137 cm³/mol. The lowest BCUT2D eigenvalue weighted by Crippen LogP contribution is -2.47. The van der Waals surface area contributed by atoms with Gasteiger partial charge in [-0.3, -0.25) is 4.90 Å². The van der Waals surface area contributed by atoms with Gasteiger partial charge in [-0.15, -0.1) is 0 Å². The second-order valence-corrected chi connectivity index (χ2v) is 9.94. The number of nitrogens with one attached hydrogen (secondary N) is 1. The highest BCUT2D eigenvalue weighted by Crippen LogP contribution is 2.29. The zero-order chi connectivity index (χ0) is 24.8. The number of hydrogen-bond acceptors (Lipinski definition) is 5. The zero-order valence-corrected chi connectivity index (χ0v) is 21.2. The molecule has 1 N–H and O–H groups in total. The van der Waals surface area contributed by atoms with Crippen LogP contribution >= 0.6 is 0 Å². The number of benzene rings is 1. The average Bonchev–Trinajstić information content (AvgIpc) is 2.88. The van der Waals surface area contributed by atoms with Crippen molar-refractivity contribution < 1.29 is 13.9 Å². The number of piperazine rings is 1. The predicted octanol–water partition coefficient (Wildman–Crippen LogP) is 4.24. The molecule has 0 spiro atoms. The number of nitrogens with zero attached hydrogens (tertiary/aromatic N) is 4. The first-order chi connectivity index (χ1) is 16.9. The molecule has 1 aliphatic heterocycles. The molecule has 2 aliphatic rings. The topological polar surface area (TPSA) is 60.9 Å². The molecule has 190 valence electrons. The Labute approximate surface area is 208 Å². The summed E-state index contributed by atoms with van der Waals surface area (Å²) in [6.07, 6.45) is 5.77. The molecule has 0 atom stereocenters. The smallest absolute Gasteiger partial charge is 0.317 e. The molecule has 0 radical (unpaired) electrons. The van der Waals surface area contributed by atoms with Crippen LogP contribution in [0.2, 0.25) is 0 Å². The van der Waals surface area contributed by atoms with Crippen LogP contribution in [-0.2, 0) is 0 Å². The van der Waals surface area contributed by atoms with Crippen molar-refractivity contribution in [2.45, 2.75) is 38.1 Å². The minimum atomic E-state index is -0.241. The van der Waals surface area contributed by atoms with E-state index in [1.165, 1.54) is 31.4 Å². The van der Waals surface area contributed by atoms with Gasteiger partial charge >= 0.3 is 6.03 Å². The number of hydrogen-bond donors (Lipinski definition) is 1. The summed E-state index contributed by atoms with van der Waals surface area (Å²) in [4.78, 5) is 23.0. The fourth-order valence-electron chi connectivity index (χ4n) is 5.03. The molecular weight excluding hydrogens is 445 g/mol. The fourth-order valence-corrected chi connectivity index (χ4v) is 5.03. The molecule has 2 amide bonds. The second-order valence-electron chi connectivity index (χ2n) is 9.94. The van der Waals surface area contributed by atoms with E-state index in [2.05, 4.69) is 26.2 Å². The molecule has 2 aromatic rings. The van der Waals surface area contributed by atoms with Crippen molar-refractivity contribution in [2.75, 3.05) is 58.8 Å². The lowest BCUT2D eigenvalue weighted by Gasteiger charge is -2.37. The molecule has 7 nitrogen and oxygen atoms in total. The number of rotatable bonds is 7. The summed E-state index contributed by atoms with van der Waals surface area (Å²) in [6.45, 7) is 5.00. The molecule has 4 rings (SSSR count). The quantitative estimate of drug-likeness (QED) is 0.638. The van der Waals surface area contributed by atoms with Crippen LogP contribution in [0.1, 0.15) is 32.1 Å². The van der Waals surface area contributed by atoms with Crippen LogP contribution in [0.5, 0.6) is 5.88 Å². The van der Waals surface area contributed by atoms with E-state index >= 15 is 0 Å². The molecule has 1 saturated carbocycles. The van der Waals surface area contributed by atoms with E-state index in [-0.39, 0.29) is 11.8 Å². The minimum Gasteiger partial charge on any atom is -0.481 e. The van der Waals surface area contributed by atoms with E-state index in [1.54, 1.807) is 38.2 Å². The summed E-state index contributed by atoms with van der Waals surface area (Å²) < 4.78 is 18.8. The number of anilines is 1. The van der Waals surface area contributed by atoms with Crippen molar-refractivity contribution >= 4 is 11.8 Å². The summed E-state index contributed by atoms with van der Waals surface area (Å²) >= 11 is 0. The third-order valence-electron chi connectivity index (χ3n) is 7.31. The Bertz CT molecular complexity index is 968. The van der Waals surface area contributed by atoms with Crippen molar-refractivity contribution in [1.29, 1.82) is 0 Å². The van der Waals surface area contributed by atoms with E-state index in [0.29, 0.717) is 11.9 Å². The first-order valence-electron chi connectivity index (χ1n) is 12.7. The monoisotopic (exact) mass is 483 g/mol. The van der Waals surface area contributed by atoms with Crippen molar-refractivity contribution in [3.8, 4) is 17.0 Å². The minimum absolute atomic E-state index is 0.0154. The average molecular weight is 484 g/mol. The maximum absolute atomic E-state index is 13.4. The third kappa shape index (κ3) is 6.84. The van der Waals surface area contributed by atoms with Crippen LogP contribution in [0.15, 0.2) is 36.4 Å². The van der Waals surface area contributed by atoms with Gasteiger partial charge in [-0.25, -0.2) is 9.18 Å². The molecule has 35 heavy (non-hydrogen) atoms. The van der Waals surface area contributed by atoms with E-state index < -0.39 is 0 Å². The zero-order valence-electron chi connectivity index (χ0n) is 21.2. The molecule has 1 aromatic heterocycles. The van der Waals surface area contributed by atoms with Crippen molar-refractivity contribution in [3.63, 3.8) is 0 Å². The molecule has 2 fully saturated rings. The Balaban J connectivity index is 1.25. The lowest BCUT2D eigenvalue weighted by atomic mass is 9.84. The molecular formula is C27H38FN5O2. The van der Waals surface area contributed by atoms with Crippen LogP contribution < -0.4 is 15.0 Å². The number of ether oxygens (including phenoxy) is 1. The van der Waals surface area contributed by atoms with Gasteiger partial charge in [-0.2, -0.15) is 4.98 Å². The Hall–Kier alpha value is -2.87. The Morgan fingerprint density at radius 3 is 2.37 bits per heavy atom. The highest BCUT2D eigenvalue weighted by atomic mass is 19.1. The molecule has 8 heteroatoms. The van der Waals surface area contributed by atoms with Crippen LogP contribution in [0.25, 0.3) is 11.1 Å². The van der Waals surface area contributed by atoms with Gasteiger partial charge in [0.15, 0.2) is 0 Å². The van der Waals surface area contributed by atoms with Crippen molar-refractivity contribution in [2.24, 2.45) is 5.92 Å². The van der Waals surface area contributed by atoms with Crippen LogP contribution in [0.4, 0.5) is 15.0 Å². The second kappa shape index (κ2) is 11.7. The molecule has 1 aliphatic carbocycles. The van der Waals surface area contributed by atoms with E-state index in [9.17, 15) is 9.18 Å². The number of carbonyl (C=O) groups is 1. The van der Waals surface area contributed by atoms with Gasteiger partial charge < -0.3 is 19.9 Å². The van der Waals surface area contributed by atoms with Gasteiger partial charge in [0, 0.05) is 52.4 Å². The van der Waals surface area contributed by atoms with Gasteiger partial charge in [-0.1, -0.05) is 12.1 Å². The molecule has 0 unspecified atom stereocenters. The molecule has 2 heterocycles. The Kier molecular flexibility index (Phi) is 8.44. The largest absolute Gasteiger partial charge is 0.481 e. The van der Waals surface area contributed by atoms with Crippen LogP contribution in [-0.4, -0.2) is 80.8 Å². The first kappa shape index (κ1) is 25.2. The standard InChI is InChI=1S/C27H38FN5O2/c1-31(2)27(34)29-24-10-4-20(5-11-24)12-13-32-14-16-33(17-15-32)25-18-22(19-26(30-25)35-3)21-6-8-23(28)9-7-21/h6-9,18-20,24H,4-5,10-17H2,1-3H3,(H,29,34)/t20-,24-. The number of pyridine rings is 1. The summed E-state index contributed by atoms with van der Waals surface area (Å²) in [7, 11) is 5.20. The van der Waals surface area contributed by atoms with Gasteiger partial charge in [0.1, 0.15) is 11.6 Å². The molecule has 0 bridgehead atoms. The van der Waals surface area contributed by atoms with Gasteiger partial charge in [0.05, 0.1) is 7.11 Å². The van der Waals surface area contributed by atoms with Crippen LogP contribution in [0.3, 0.4) is 0 Å².